The fourth-order valence-corrected chi connectivity index (χ4v) is 3.23. The van der Waals surface area contributed by atoms with Gasteiger partial charge in [0.15, 0.2) is 0 Å². The van der Waals surface area contributed by atoms with Gasteiger partial charge in [0.05, 0.1) is 0 Å². The summed E-state index contributed by atoms with van der Waals surface area (Å²) in [5.41, 5.74) is 0. The molecule has 0 spiro atoms. The number of anilines is 1. The number of pyridine rings is 1. The smallest absolute Gasteiger partial charge is 0.214 e. The van der Waals surface area contributed by atoms with Gasteiger partial charge < -0.3 is 4.90 Å². The van der Waals surface area contributed by atoms with Crippen LogP contribution in [-0.4, -0.2) is 41.6 Å². The lowest BCUT2D eigenvalue weighted by molar-refractivity contribution is 0.115. The predicted molar refractivity (Wildman–Crippen MR) is 70.2 cm³/mol. The summed E-state index contributed by atoms with van der Waals surface area (Å²) >= 11 is 0. The Bertz CT molecular complexity index is 423. The third-order valence-corrected chi connectivity index (χ3v) is 4.18. The van der Waals surface area contributed by atoms with Gasteiger partial charge in [-0.2, -0.15) is 4.39 Å². The molecule has 2 saturated heterocycles. The van der Waals surface area contributed by atoms with Crippen molar-refractivity contribution in [1.82, 2.24) is 9.88 Å². The number of piperidine rings is 1. The fraction of sp³-hybridized carbons (Fsp3) is 0.643. The zero-order valence-electron chi connectivity index (χ0n) is 10.8. The van der Waals surface area contributed by atoms with Crippen LogP contribution in [0.2, 0.25) is 0 Å². The van der Waals surface area contributed by atoms with E-state index in [4.69, 9.17) is 0 Å². The molecule has 1 aromatic rings. The predicted octanol–water partition coefficient (Wildman–Crippen LogP) is 2.28. The lowest BCUT2D eigenvalue weighted by Crippen LogP contribution is -2.59. The minimum atomic E-state index is -0.384. The first-order valence-corrected chi connectivity index (χ1v) is 6.87. The van der Waals surface area contributed by atoms with E-state index in [1.54, 1.807) is 6.07 Å². The third kappa shape index (κ3) is 2.21. The molecule has 1 aromatic heterocycles. The Labute approximate surface area is 108 Å². The zero-order valence-corrected chi connectivity index (χ0v) is 10.8. The standard InChI is InChI=1S/C14H20FN3/c1-11-9-17-8-3-2-5-12(17)10-18(11)14-7-4-6-13(15)16-14/h4,6-7,11-12H,2-3,5,8-10H2,1H3. The van der Waals surface area contributed by atoms with Crippen molar-refractivity contribution in [3.8, 4) is 0 Å². The highest BCUT2D eigenvalue weighted by atomic mass is 19.1. The van der Waals surface area contributed by atoms with Gasteiger partial charge in [-0.15, -0.1) is 0 Å². The molecule has 3 rings (SSSR count). The Balaban J connectivity index is 1.80. The Hall–Kier alpha value is -1.16. The Morgan fingerprint density at radius 3 is 3.00 bits per heavy atom. The minimum Gasteiger partial charge on any atom is -0.351 e. The zero-order chi connectivity index (χ0) is 12.5. The molecule has 4 heteroatoms. The van der Waals surface area contributed by atoms with Crippen LogP contribution in [0.15, 0.2) is 18.2 Å². The van der Waals surface area contributed by atoms with E-state index in [2.05, 4.69) is 21.7 Å². The van der Waals surface area contributed by atoms with Gasteiger partial charge in [0.2, 0.25) is 5.95 Å². The SMILES string of the molecule is CC1CN2CCCCC2CN1c1cccc(F)n1. The molecule has 0 bridgehead atoms. The molecule has 2 unspecified atom stereocenters. The Kier molecular flexibility index (Phi) is 3.20. The molecule has 0 aliphatic carbocycles. The molecule has 98 valence electrons. The fourth-order valence-electron chi connectivity index (χ4n) is 3.23. The summed E-state index contributed by atoms with van der Waals surface area (Å²) in [7, 11) is 0. The van der Waals surface area contributed by atoms with E-state index in [-0.39, 0.29) is 5.95 Å². The monoisotopic (exact) mass is 249 g/mol. The number of nitrogens with zero attached hydrogens (tertiary/aromatic N) is 3. The normalized spacial score (nSPS) is 29.1. The molecule has 0 saturated carbocycles. The molecule has 3 heterocycles. The van der Waals surface area contributed by atoms with Crippen molar-refractivity contribution in [3.63, 3.8) is 0 Å². The van der Waals surface area contributed by atoms with Crippen LogP contribution in [-0.2, 0) is 0 Å². The van der Waals surface area contributed by atoms with Gasteiger partial charge in [-0.1, -0.05) is 12.5 Å². The molecule has 0 amide bonds. The molecular formula is C14H20FN3. The topological polar surface area (TPSA) is 19.4 Å². The number of aromatic nitrogens is 1. The molecule has 2 atom stereocenters. The highest BCUT2D eigenvalue weighted by Gasteiger charge is 2.33. The molecule has 0 N–H and O–H groups in total. The van der Waals surface area contributed by atoms with E-state index >= 15 is 0 Å². The maximum absolute atomic E-state index is 13.2. The van der Waals surface area contributed by atoms with Gasteiger partial charge in [0.1, 0.15) is 5.82 Å². The van der Waals surface area contributed by atoms with Crippen molar-refractivity contribution in [1.29, 1.82) is 0 Å². The average molecular weight is 249 g/mol. The number of hydrogen-bond donors (Lipinski definition) is 0. The van der Waals surface area contributed by atoms with Crippen LogP contribution in [0.5, 0.6) is 0 Å². The maximum Gasteiger partial charge on any atom is 0.214 e. The van der Waals surface area contributed by atoms with E-state index in [1.807, 2.05) is 6.07 Å². The van der Waals surface area contributed by atoms with Gasteiger partial charge in [0, 0.05) is 25.2 Å². The number of rotatable bonds is 1. The van der Waals surface area contributed by atoms with Crippen molar-refractivity contribution in [2.45, 2.75) is 38.3 Å². The van der Waals surface area contributed by atoms with E-state index in [9.17, 15) is 4.39 Å². The Morgan fingerprint density at radius 2 is 2.17 bits per heavy atom. The second-order valence-electron chi connectivity index (χ2n) is 5.46. The molecule has 2 aliphatic rings. The van der Waals surface area contributed by atoms with Crippen LogP contribution >= 0.6 is 0 Å². The summed E-state index contributed by atoms with van der Waals surface area (Å²) in [6.07, 6.45) is 3.90. The number of hydrogen-bond acceptors (Lipinski definition) is 3. The largest absolute Gasteiger partial charge is 0.351 e. The molecule has 18 heavy (non-hydrogen) atoms. The van der Waals surface area contributed by atoms with Crippen molar-refractivity contribution in [2.75, 3.05) is 24.5 Å². The average Bonchev–Trinajstić information content (AvgIpc) is 2.38. The first-order valence-electron chi connectivity index (χ1n) is 6.87. The van der Waals surface area contributed by atoms with E-state index in [0.717, 1.165) is 18.9 Å². The van der Waals surface area contributed by atoms with Crippen LogP contribution in [0.3, 0.4) is 0 Å². The van der Waals surface area contributed by atoms with Crippen molar-refractivity contribution < 1.29 is 4.39 Å². The first-order chi connectivity index (χ1) is 8.74. The first kappa shape index (κ1) is 11.9. The summed E-state index contributed by atoms with van der Waals surface area (Å²) in [6, 6.07) is 6.11. The van der Waals surface area contributed by atoms with Crippen LogP contribution in [0.25, 0.3) is 0 Å². The molecule has 0 aromatic carbocycles. The number of halogens is 1. The molecule has 2 aliphatic heterocycles. The Morgan fingerprint density at radius 1 is 1.28 bits per heavy atom. The summed E-state index contributed by atoms with van der Waals surface area (Å²) in [5, 5.41) is 0. The van der Waals surface area contributed by atoms with Gasteiger partial charge in [-0.05, 0) is 38.4 Å². The molecule has 2 fully saturated rings. The molecule has 3 nitrogen and oxygen atoms in total. The van der Waals surface area contributed by atoms with Gasteiger partial charge in [-0.3, -0.25) is 4.90 Å². The second-order valence-corrected chi connectivity index (χ2v) is 5.46. The number of piperazine rings is 1. The highest BCUT2D eigenvalue weighted by molar-refractivity contribution is 5.40. The van der Waals surface area contributed by atoms with Gasteiger partial charge in [0.25, 0.3) is 0 Å². The number of fused-ring (bicyclic) bond motifs is 1. The van der Waals surface area contributed by atoms with Crippen molar-refractivity contribution in [3.05, 3.63) is 24.1 Å². The lowest BCUT2D eigenvalue weighted by atomic mass is 9.97. The minimum absolute atomic E-state index is 0.384. The summed E-state index contributed by atoms with van der Waals surface area (Å²) in [5.74, 6) is 0.401. The maximum atomic E-state index is 13.2. The third-order valence-electron chi connectivity index (χ3n) is 4.18. The summed E-state index contributed by atoms with van der Waals surface area (Å²) in [4.78, 5) is 8.87. The van der Waals surface area contributed by atoms with Crippen molar-refractivity contribution >= 4 is 5.82 Å². The lowest BCUT2D eigenvalue weighted by Gasteiger charge is -2.48. The molecule has 0 radical (unpaired) electrons. The van der Waals surface area contributed by atoms with Gasteiger partial charge in [-0.25, -0.2) is 4.98 Å². The van der Waals surface area contributed by atoms with Crippen LogP contribution in [0.1, 0.15) is 26.2 Å². The van der Waals surface area contributed by atoms with E-state index in [1.165, 1.54) is 31.9 Å². The van der Waals surface area contributed by atoms with Crippen molar-refractivity contribution in [2.24, 2.45) is 0 Å². The van der Waals surface area contributed by atoms with Crippen LogP contribution in [0, 0.1) is 5.95 Å². The summed E-state index contributed by atoms with van der Waals surface area (Å²) in [6.45, 7) is 5.48. The van der Waals surface area contributed by atoms with Gasteiger partial charge >= 0.3 is 0 Å². The quantitative estimate of drug-likeness (QED) is 0.712. The van der Waals surface area contributed by atoms with E-state index in [0.29, 0.717) is 12.1 Å². The highest BCUT2D eigenvalue weighted by Crippen LogP contribution is 2.27. The van der Waals surface area contributed by atoms with E-state index < -0.39 is 0 Å². The van der Waals surface area contributed by atoms with Crippen LogP contribution < -0.4 is 4.90 Å². The van der Waals surface area contributed by atoms with Crippen LogP contribution in [0.4, 0.5) is 10.2 Å². The molecular weight excluding hydrogens is 229 g/mol. The summed E-state index contributed by atoms with van der Waals surface area (Å²) < 4.78 is 13.2. The second kappa shape index (κ2) is 4.84.